The molecule has 0 bridgehead atoms. The number of hydrogen-bond acceptors (Lipinski definition) is 6. The third-order valence-corrected chi connectivity index (χ3v) is 5.01. The van der Waals surface area contributed by atoms with Crippen LogP contribution in [-0.4, -0.2) is 35.3 Å². The lowest BCUT2D eigenvalue weighted by molar-refractivity contribution is 0.284. The summed E-state index contributed by atoms with van der Waals surface area (Å²) in [6, 6.07) is 23.1. The van der Waals surface area contributed by atoms with Crippen LogP contribution in [0.15, 0.2) is 77.9 Å². The maximum Gasteiger partial charge on any atom is 0.216 e. The summed E-state index contributed by atoms with van der Waals surface area (Å²) in [4.78, 5) is 0. The van der Waals surface area contributed by atoms with E-state index in [9.17, 15) is 0 Å². The molecule has 1 aromatic heterocycles. The lowest BCUT2D eigenvalue weighted by Gasteiger charge is -2.11. The summed E-state index contributed by atoms with van der Waals surface area (Å²) in [5.41, 5.74) is 2.67. The fraction of sp³-hybridized carbons (Fsp3) is 0.125. The van der Waals surface area contributed by atoms with Crippen LogP contribution in [0, 0.1) is 4.77 Å². The van der Waals surface area contributed by atoms with Crippen molar-refractivity contribution in [3.05, 3.63) is 88.7 Å². The van der Waals surface area contributed by atoms with Crippen LogP contribution in [0.3, 0.4) is 0 Å². The molecular formula is C24H22N4O3S. The van der Waals surface area contributed by atoms with E-state index >= 15 is 0 Å². The van der Waals surface area contributed by atoms with Crippen molar-refractivity contribution in [3.8, 4) is 28.6 Å². The molecule has 0 saturated heterocycles. The molecule has 0 aliphatic heterocycles. The van der Waals surface area contributed by atoms with Crippen molar-refractivity contribution in [2.24, 2.45) is 5.10 Å². The van der Waals surface area contributed by atoms with Gasteiger partial charge in [-0.2, -0.15) is 14.9 Å². The summed E-state index contributed by atoms with van der Waals surface area (Å²) >= 11 is 5.37. The van der Waals surface area contributed by atoms with Gasteiger partial charge in [0.2, 0.25) is 4.77 Å². The first-order valence-electron chi connectivity index (χ1n) is 9.89. The highest BCUT2D eigenvalue weighted by molar-refractivity contribution is 7.71. The summed E-state index contributed by atoms with van der Waals surface area (Å²) in [5, 5.41) is 11.7. The molecule has 0 saturated carbocycles. The summed E-state index contributed by atoms with van der Waals surface area (Å²) in [6.45, 7) is 0.433. The van der Waals surface area contributed by atoms with Crippen LogP contribution < -0.4 is 14.2 Å². The predicted octanol–water partition coefficient (Wildman–Crippen LogP) is 5.09. The maximum atomic E-state index is 5.99. The highest BCUT2D eigenvalue weighted by Crippen LogP contribution is 2.29. The Bertz CT molecular complexity index is 1280. The lowest BCUT2D eigenvalue weighted by Crippen LogP contribution is -1.99. The first kappa shape index (κ1) is 21.3. The third kappa shape index (κ3) is 4.70. The zero-order valence-corrected chi connectivity index (χ0v) is 18.5. The highest BCUT2D eigenvalue weighted by Gasteiger charge is 2.13. The number of ether oxygens (including phenoxy) is 3. The standard InChI is InChI=1S/C24H22N4O3S/c1-29-20-11-7-6-10-19(20)23-26-27-24(32)28(23)25-15-18-12-13-21(30-2)22(14-18)31-16-17-8-4-3-5-9-17/h3-15H,16H2,1-2H3,(H,27,32)/b25-15+. The maximum absolute atomic E-state index is 5.99. The van der Waals surface area contributed by atoms with Gasteiger partial charge in [-0.1, -0.05) is 42.5 Å². The average molecular weight is 447 g/mol. The van der Waals surface area contributed by atoms with Gasteiger partial charge in [0.1, 0.15) is 12.4 Å². The van der Waals surface area contributed by atoms with E-state index in [2.05, 4.69) is 15.3 Å². The number of nitrogens with zero attached hydrogens (tertiary/aromatic N) is 3. The Morgan fingerprint density at radius 1 is 0.938 bits per heavy atom. The lowest BCUT2D eigenvalue weighted by atomic mass is 10.2. The Hall–Kier alpha value is -3.91. The van der Waals surface area contributed by atoms with Crippen LogP contribution in [0.5, 0.6) is 17.2 Å². The van der Waals surface area contributed by atoms with E-state index in [1.165, 1.54) is 0 Å². The highest BCUT2D eigenvalue weighted by atomic mass is 32.1. The van der Waals surface area contributed by atoms with Crippen molar-refractivity contribution in [1.29, 1.82) is 0 Å². The predicted molar refractivity (Wildman–Crippen MR) is 126 cm³/mol. The number of methoxy groups -OCH3 is 2. The summed E-state index contributed by atoms with van der Waals surface area (Å²) in [7, 11) is 3.23. The fourth-order valence-corrected chi connectivity index (χ4v) is 3.33. The van der Waals surface area contributed by atoms with E-state index in [1.807, 2.05) is 72.8 Å². The van der Waals surface area contributed by atoms with Gasteiger partial charge in [-0.3, -0.25) is 0 Å². The molecule has 0 radical (unpaired) electrons. The van der Waals surface area contributed by atoms with Crippen molar-refractivity contribution >= 4 is 18.4 Å². The van der Waals surface area contributed by atoms with E-state index in [1.54, 1.807) is 25.1 Å². The Balaban J connectivity index is 1.62. The number of aromatic amines is 1. The fourth-order valence-electron chi connectivity index (χ4n) is 3.15. The minimum absolute atomic E-state index is 0.371. The Morgan fingerprint density at radius 3 is 2.47 bits per heavy atom. The van der Waals surface area contributed by atoms with Crippen LogP contribution in [0.4, 0.5) is 0 Å². The van der Waals surface area contributed by atoms with Crippen LogP contribution in [0.1, 0.15) is 11.1 Å². The molecule has 0 amide bonds. The Kier molecular flexibility index (Phi) is 6.62. The van der Waals surface area contributed by atoms with Gasteiger partial charge in [-0.05, 0) is 53.7 Å². The zero-order valence-electron chi connectivity index (χ0n) is 17.7. The summed E-state index contributed by atoms with van der Waals surface area (Å²) in [6.07, 6.45) is 1.69. The minimum atomic E-state index is 0.371. The molecule has 1 heterocycles. The Labute approximate surface area is 190 Å². The molecule has 0 atom stereocenters. The van der Waals surface area contributed by atoms with Crippen LogP contribution in [-0.2, 0) is 6.61 Å². The van der Waals surface area contributed by atoms with E-state index in [0.29, 0.717) is 34.5 Å². The number of aromatic nitrogens is 3. The molecular weight excluding hydrogens is 424 g/mol. The second-order valence-corrected chi connectivity index (χ2v) is 7.18. The number of nitrogens with one attached hydrogen (secondary N) is 1. The quantitative estimate of drug-likeness (QED) is 0.302. The molecule has 162 valence electrons. The van der Waals surface area contributed by atoms with Gasteiger partial charge in [0.25, 0.3) is 0 Å². The minimum Gasteiger partial charge on any atom is -0.496 e. The monoisotopic (exact) mass is 446 g/mol. The van der Waals surface area contributed by atoms with Gasteiger partial charge < -0.3 is 14.2 Å². The largest absolute Gasteiger partial charge is 0.496 e. The second-order valence-electron chi connectivity index (χ2n) is 6.79. The zero-order chi connectivity index (χ0) is 22.3. The Morgan fingerprint density at radius 2 is 1.69 bits per heavy atom. The molecule has 7 nitrogen and oxygen atoms in total. The topological polar surface area (TPSA) is 73.7 Å². The second kappa shape index (κ2) is 9.93. The molecule has 4 rings (SSSR count). The molecule has 0 spiro atoms. The van der Waals surface area contributed by atoms with Gasteiger partial charge in [0, 0.05) is 0 Å². The molecule has 32 heavy (non-hydrogen) atoms. The van der Waals surface area contributed by atoms with E-state index in [0.717, 1.165) is 16.7 Å². The average Bonchev–Trinajstić information content (AvgIpc) is 3.22. The smallest absolute Gasteiger partial charge is 0.216 e. The summed E-state index contributed by atoms with van der Waals surface area (Å²) in [5.74, 6) is 2.51. The molecule has 0 unspecified atom stereocenters. The molecule has 0 aliphatic carbocycles. The number of benzene rings is 3. The molecule has 3 aromatic carbocycles. The first-order chi connectivity index (χ1) is 15.7. The van der Waals surface area contributed by atoms with Gasteiger partial charge in [-0.25, -0.2) is 5.10 Å². The molecule has 0 fully saturated rings. The van der Waals surface area contributed by atoms with Gasteiger partial charge in [0.05, 0.1) is 26.0 Å². The van der Waals surface area contributed by atoms with E-state index in [-0.39, 0.29) is 0 Å². The molecule has 8 heteroatoms. The SMILES string of the molecule is COc1ccc(/C=N/n2c(-c3ccccc3OC)n[nH]c2=S)cc1OCc1ccccc1. The van der Waals surface area contributed by atoms with Gasteiger partial charge in [0.15, 0.2) is 17.3 Å². The van der Waals surface area contributed by atoms with Crippen molar-refractivity contribution in [2.75, 3.05) is 14.2 Å². The van der Waals surface area contributed by atoms with Gasteiger partial charge >= 0.3 is 0 Å². The van der Waals surface area contributed by atoms with Crippen LogP contribution in [0.25, 0.3) is 11.4 Å². The van der Waals surface area contributed by atoms with E-state index < -0.39 is 0 Å². The van der Waals surface area contributed by atoms with Crippen molar-refractivity contribution < 1.29 is 14.2 Å². The summed E-state index contributed by atoms with van der Waals surface area (Å²) < 4.78 is 18.8. The van der Waals surface area contributed by atoms with Crippen molar-refractivity contribution in [1.82, 2.24) is 14.9 Å². The number of hydrogen-bond donors (Lipinski definition) is 1. The molecule has 1 N–H and O–H groups in total. The normalized spacial score (nSPS) is 10.9. The van der Waals surface area contributed by atoms with Gasteiger partial charge in [-0.15, -0.1) is 0 Å². The van der Waals surface area contributed by atoms with Crippen molar-refractivity contribution in [2.45, 2.75) is 6.61 Å². The van der Waals surface area contributed by atoms with Crippen molar-refractivity contribution in [3.63, 3.8) is 0 Å². The van der Waals surface area contributed by atoms with Crippen LogP contribution >= 0.6 is 12.2 Å². The third-order valence-electron chi connectivity index (χ3n) is 4.75. The first-order valence-corrected chi connectivity index (χ1v) is 10.3. The molecule has 4 aromatic rings. The number of para-hydroxylation sites is 1. The number of H-pyrrole nitrogens is 1. The molecule has 0 aliphatic rings. The number of rotatable bonds is 8. The van der Waals surface area contributed by atoms with Crippen LogP contribution in [0.2, 0.25) is 0 Å². The van der Waals surface area contributed by atoms with E-state index in [4.69, 9.17) is 26.4 Å².